The molecule has 1 heterocycles. The summed E-state index contributed by atoms with van der Waals surface area (Å²) in [5.41, 5.74) is -0.0870. The average molecular weight is 354 g/mol. The van der Waals surface area contributed by atoms with Crippen LogP contribution in [0.5, 0.6) is 5.75 Å². The lowest BCUT2D eigenvalue weighted by molar-refractivity contribution is 0.462. The first-order chi connectivity index (χ1) is 9.29. The zero-order chi connectivity index (χ0) is 14.9. The van der Waals surface area contributed by atoms with E-state index < -0.39 is 15.6 Å². The Morgan fingerprint density at radius 3 is 2.50 bits per heavy atom. The fourth-order valence-electron chi connectivity index (χ4n) is 1.43. The Hall–Kier alpha value is -1.08. The van der Waals surface area contributed by atoms with Crippen LogP contribution in [0, 0.1) is 0 Å². The highest BCUT2D eigenvalue weighted by Crippen LogP contribution is 2.27. The smallest absolute Gasteiger partial charge is 0.222 e. The van der Waals surface area contributed by atoms with E-state index in [2.05, 4.69) is 9.97 Å². The van der Waals surface area contributed by atoms with Crippen molar-refractivity contribution >= 4 is 44.6 Å². The summed E-state index contributed by atoms with van der Waals surface area (Å²) in [6.07, 6.45) is 1.04. The molecule has 0 atom stereocenters. The highest BCUT2D eigenvalue weighted by molar-refractivity contribution is 7.90. The van der Waals surface area contributed by atoms with E-state index in [-0.39, 0.29) is 31.7 Å². The molecule has 0 bridgehead atoms. The molecule has 1 aromatic heterocycles. The normalized spacial score (nSPS) is 11.6. The number of sulfone groups is 1. The Bertz CT molecular complexity index is 766. The number of aromatic nitrogens is 2. The van der Waals surface area contributed by atoms with Crippen LogP contribution in [0.1, 0.15) is 5.69 Å². The van der Waals surface area contributed by atoms with E-state index in [4.69, 9.17) is 34.8 Å². The first kappa shape index (κ1) is 15.3. The first-order valence-corrected chi connectivity index (χ1v) is 7.96. The zero-order valence-corrected chi connectivity index (χ0v) is 12.8. The van der Waals surface area contributed by atoms with E-state index in [0.29, 0.717) is 0 Å². The molecule has 0 fully saturated rings. The van der Waals surface area contributed by atoms with Crippen LogP contribution >= 0.6 is 34.8 Å². The Kier molecular flexibility index (Phi) is 4.39. The molecule has 20 heavy (non-hydrogen) atoms. The fraction of sp³-hybridized carbons (Fsp3) is 0.0909. The minimum Gasteiger partial charge on any atom is -0.504 e. The summed E-state index contributed by atoms with van der Waals surface area (Å²) < 4.78 is 24.4. The largest absolute Gasteiger partial charge is 0.504 e. The minimum absolute atomic E-state index is 0.0268. The van der Waals surface area contributed by atoms with E-state index in [1.54, 1.807) is 0 Å². The topological polar surface area (TPSA) is 80.2 Å². The van der Waals surface area contributed by atoms with E-state index >= 15 is 0 Å². The summed E-state index contributed by atoms with van der Waals surface area (Å²) in [6.45, 7) is 0. The summed E-state index contributed by atoms with van der Waals surface area (Å²) in [5.74, 6) is -0.878. The highest BCUT2D eigenvalue weighted by atomic mass is 35.5. The maximum absolute atomic E-state index is 12.2. The molecular formula is C11H7Cl3N2O3S. The van der Waals surface area contributed by atoms with E-state index in [0.717, 1.165) is 6.20 Å². The van der Waals surface area contributed by atoms with Gasteiger partial charge in [0.2, 0.25) is 5.28 Å². The second kappa shape index (κ2) is 5.73. The number of hydrogen-bond donors (Lipinski definition) is 1. The van der Waals surface area contributed by atoms with Crippen molar-refractivity contribution in [2.24, 2.45) is 0 Å². The second-order valence-corrected chi connectivity index (χ2v) is 6.95. The molecule has 0 aliphatic carbocycles. The summed E-state index contributed by atoms with van der Waals surface area (Å²) in [4.78, 5) is 7.20. The standard InChI is InChI=1S/C11H7Cl3N2O3S/c12-7-2-1-6(3-8(7)13)20(18,19)5-9-10(17)4-15-11(14)16-9/h1-4,17H,5H2. The van der Waals surface area contributed by atoms with Crippen LogP contribution in [0.4, 0.5) is 0 Å². The van der Waals surface area contributed by atoms with E-state index in [1.165, 1.54) is 18.2 Å². The van der Waals surface area contributed by atoms with Crippen LogP contribution in [0.2, 0.25) is 15.3 Å². The molecule has 0 radical (unpaired) electrons. The molecule has 0 aliphatic rings. The Balaban J connectivity index is 2.40. The van der Waals surface area contributed by atoms with Gasteiger partial charge in [-0.25, -0.2) is 18.4 Å². The van der Waals surface area contributed by atoms with Crippen LogP contribution in [-0.4, -0.2) is 23.5 Å². The molecule has 0 aliphatic heterocycles. The van der Waals surface area contributed by atoms with Crippen LogP contribution in [0.15, 0.2) is 29.3 Å². The van der Waals surface area contributed by atoms with Crippen molar-refractivity contribution in [2.45, 2.75) is 10.6 Å². The first-order valence-electron chi connectivity index (χ1n) is 5.18. The van der Waals surface area contributed by atoms with Crippen molar-refractivity contribution in [1.82, 2.24) is 9.97 Å². The number of hydrogen-bond acceptors (Lipinski definition) is 5. The molecule has 106 valence electrons. The van der Waals surface area contributed by atoms with Gasteiger partial charge in [0, 0.05) is 0 Å². The molecule has 2 aromatic rings. The summed E-state index contributed by atoms with van der Waals surface area (Å²) in [5, 5.41) is 9.77. The maximum atomic E-state index is 12.2. The van der Waals surface area contributed by atoms with Gasteiger partial charge in [0.25, 0.3) is 0 Å². The lowest BCUT2D eigenvalue weighted by Crippen LogP contribution is -2.07. The third-order valence-corrected chi connectivity index (χ3v) is 4.94. The van der Waals surface area contributed by atoms with Gasteiger partial charge < -0.3 is 5.11 Å². The molecular weight excluding hydrogens is 347 g/mol. The molecule has 0 spiro atoms. The molecule has 9 heteroatoms. The molecule has 0 saturated heterocycles. The van der Waals surface area contributed by atoms with Gasteiger partial charge >= 0.3 is 0 Å². The Labute approximate surface area is 130 Å². The molecule has 0 saturated carbocycles. The predicted molar refractivity (Wildman–Crippen MR) is 76.1 cm³/mol. The average Bonchev–Trinajstić information content (AvgIpc) is 2.36. The van der Waals surface area contributed by atoms with Gasteiger partial charge in [-0.05, 0) is 29.8 Å². The molecule has 1 aromatic carbocycles. The maximum Gasteiger partial charge on any atom is 0.222 e. The summed E-state index contributed by atoms with van der Waals surface area (Å²) in [7, 11) is -3.74. The number of rotatable bonds is 3. The molecule has 0 unspecified atom stereocenters. The quantitative estimate of drug-likeness (QED) is 0.858. The van der Waals surface area contributed by atoms with Crippen LogP contribution in [0.25, 0.3) is 0 Å². The van der Waals surface area contributed by atoms with Gasteiger partial charge in [-0.15, -0.1) is 0 Å². The molecule has 2 rings (SSSR count). The monoisotopic (exact) mass is 352 g/mol. The number of nitrogens with zero attached hydrogens (tertiary/aromatic N) is 2. The highest BCUT2D eigenvalue weighted by Gasteiger charge is 2.20. The number of aromatic hydroxyl groups is 1. The van der Waals surface area contributed by atoms with Crippen molar-refractivity contribution in [3.63, 3.8) is 0 Å². The van der Waals surface area contributed by atoms with Crippen LogP contribution < -0.4 is 0 Å². The minimum atomic E-state index is -3.74. The Morgan fingerprint density at radius 2 is 1.85 bits per heavy atom. The third kappa shape index (κ3) is 3.32. The van der Waals surface area contributed by atoms with E-state index in [1.807, 2.05) is 0 Å². The summed E-state index contributed by atoms with van der Waals surface area (Å²) >= 11 is 17.1. The van der Waals surface area contributed by atoms with Gasteiger partial charge in [0.15, 0.2) is 15.6 Å². The second-order valence-electron chi connectivity index (χ2n) is 3.81. The van der Waals surface area contributed by atoms with Gasteiger partial charge in [-0.2, -0.15) is 0 Å². The predicted octanol–water partition coefficient (Wildman–Crippen LogP) is 3.12. The van der Waals surface area contributed by atoms with Crippen molar-refractivity contribution in [3.05, 3.63) is 45.4 Å². The lowest BCUT2D eigenvalue weighted by atomic mass is 10.4. The van der Waals surface area contributed by atoms with Crippen LogP contribution in [0.3, 0.4) is 0 Å². The van der Waals surface area contributed by atoms with Gasteiger partial charge in [0.1, 0.15) is 11.4 Å². The van der Waals surface area contributed by atoms with Gasteiger partial charge in [0.05, 0.1) is 21.1 Å². The SMILES string of the molecule is O=S(=O)(Cc1nc(Cl)ncc1O)c1ccc(Cl)c(Cl)c1. The fourth-order valence-corrected chi connectivity index (χ4v) is 3.25. The number of benzene rings is 1. The van der Waals surface area contributed by atoms with E-state index in [9.17, 15) is 13.5 Å². The summed E-state index contributed by atoms with van der Waals surface area (Å²) in [6, 6.07) is 3.94. The molecule has 5 nitrogen and oxygen atoms in total. The van der Waals surface area contributed by atoms with Crippen molar-refractivity contribution in [2.75, 3.05) is 0 Å². The third-order valence-electron chi connectivity index (χ3n) is 2.39. The van der Waals surface area contributed by atoms with Crippen molar-refractivity contribution in [1.29, 1.82) is 0 Å². The Morgan fingerprint density at radius 1 is 1.15 bits per heavy atom. The zero-order valence-electron chi connectivity index (χ0n) is 9.72. The molecule has 1 N–H and O–H groups in total. The molecule has 0 amide bonds. The van der Waals surface area contributed by atoms with Crippen LogP contribution in [-0.2, 0) is 15.6 Å². The van der Waals surface area contributed by atoms with Crippen molar-refractivity contribution in [3.8, 4) is 5.75 Å². The lowest BCUT2D eigenvalue weighted by Gasteiger charge is -2.07. The van der Waals surface area contributed by atoms with Crippen molar-refractivity contribution < 1.29 is 13.5 Å². The number of halogens is 3. The van der Waals surface area contributed by atoms with Gasteiger partial charge in [-0.3, -0.25) is 0 Å². The van der Waals surface area contributed by atoms with Gasteiger partial charge in [-0.1, -0.05) is 23.2 Å².